The average molecular weight is 284 g/mol. The number of anilines is 1. The van der Waals surface area contributed by atoms with Gasteiger partial charge in [0.25, 0.3) is 5.91 Å². The van der Waals surface area contributed by atoms with Crippen molar-refractivity contribution in [1.82, 2.24) is 0 Å². The monoisotopic (exact) mass is 283 g/mol. The fraction of sp³-hybridized carbons (Fsp3) is 0.364. The molecule has 1 atom stereocenters. The molecule has 18 heavy (non-hydrogen) atoms. The molecule has 0 aliphatic carbocycles. The maximum atomic E-state index is 13.1. The SMILES string of the molecule is Cc1ccc(NC(=O)[C@@](F)(Cl)C(F)(F)F)c(C)c1. The molecule has 100 valence electrons. The molecule has 1 aromatic carbocycles. The van der Waals surface area contributed by atoms with Gasteiger partial charge >= 0.3 is 11.3 Å². The third kappa shape index (κ3) is 2.93. The Labute approximate surface area is 106 Å². The van der Waals surface area contributed by atoms with Gasteiger partial charge < -0.3 is 5.32 Å². The average Bonchev–Trinajstić information content (AvgIpc) is 2.20. The first kappa shape index (κ1) is 14.8. The lowest BCUT2D eigenvalue weighted by Gasteiger charge is -2.20. The Hall–Kier alpha value is -1.30. The molecule has 0 unspecified atom stereocenters. The van der Waals surface area contributed by atoms with E-state index in [9.17, 15) is 22.4 Å². The summed E-state index contributed by atoms with van der Waals surface area (Å²) in [4.78, 5) is 11.2. The second-order valence-corrected chi connectivity index (χ2v) is 4.37. The molecule has 0 fully saturated rings. The minimum absolute atomic E-state index is 0.0810. The zero-order chi connectivity index (χ0) is 14.1. The molecule has 1 N–H and O–H groups in total. The predicted molar refractivity (Wildman–Crippen MR) is 60.3 cm³/mol. The van der Waals surface area contributed by atoms with Gasteiger partial charge in [-0.2, -0.15) is 13.2 Å². The zero-order valence-corrected chi connectivity index (χ0v) is 10.3. The van der Waals surface area contributed by atoms with Crippen LogP contribution in [0.3, 0.4) is 0 Å². The van der Waals surface area contributed by atoms with E-state index in [1.807, 2.05) is 5.32 Å². The van der Waals surface area contributed by atoms with Crippen LogP contribution < -0.4 is 5.32 Å². The number of rotatable bonds is 2. The predicted octanol–water partition coefficient (Wildman–Crippen LogP) is 3.71. The van der Waals surface area contributed by atoms with Crippen LogP contribution in [0.2, 0.25) is 0 Å². The van der Waals surface area contributed by atoms with E-state index in [1.165, 1.54) is 6.07 Å². The molecule has 0 aliphatic heterocycles. The number of carbonyl (C=O) groups is 1. The van der Waals surface area contributed by atoms with Crippen molar-refractivity contribution >= 4 is 23.2 Å². The molecule has 0 saturated heterocycles. The van der Waals surface area contributed by atoms with E-state index in [1.54, 1.807) is 26.0 Å². The van der Waals surface area contributed by atoms with Gasteiger partial charge in [-0.05, 0) is 25.5 Å². The molecular weight excluding hydrogens is 274 g/mol. The van der Waals surface area contributed by atoms with Gasteiger partial charge in [0.15, 0.2) is 0 Å². The lowest BCUT2D eigenvalue weighted by molar-refractivity contribution is -0.197. The molecule has 1 rings (SSSR count). The Morgan fingerprint density at radius 3 is 2.22 bits per heavy atom. The number of alkyl halides is 5. The lowest BCUT2D eigenvalue weighted by Crippen LogP contribution is -2.46. The summed E-state index contributed by atoms with van der Waals surface area (Å²) in [6, 6.07) is 4.59. The standard InChI is InChI=1S/C11H10ClF4NO/c1-6-3-4-8(7(2)5-6)17-9(18)10(12,13)11(14,15)16/h3-5H,1-2H3,(H,17,18)/t10-/m0/s1. The second kappa shape index (κ2) is 4.76. The quantitative estimate of drug-likeness (QED) is 0.651. The smallest absolute Gasteiger partial charge is 0.322 e. The minimum atomic E-state index is -5.47. The van der Waals surface area contributed by atoms with Crippen molar-refractivity contribution in [3.05, 3.63) is 29.3 Å². The van der Waals surface area contributed by atoms with Gasteiger partial charge in [-0.25, -0.2) is 4.39 Å². The fourth-order valence-electron chi connectivity index (χ4n) is 1.28. The third-order valence-corrected chi connectivity index (χ3v) is 2.66. The first-order valence-electron chi connectivity index (χ1n) is 4.89. The molecular formula is C11H10ClF4NO. The Morgan fingerprint density at radius 2 is 1.78 bits per heavy atom. The minimum Gasteiger partial charge on any atom is -0.322 e. The molecule has 2 nitrogen and oxygen atoms in total. The molecule has 7 heteroatoms. The summed E-state index contributed by atoms with van der Waals surface area (Å²) in [6.07, 6.45) is -5.47. The van der Waals surface area contributed by atoms with Crippen molar-refractivity contribution in [1.29, 1.82) is 0 Å². The van der Waals surface area contributed by atoms with Crippen LogP contribution in [0.5, 0.6) is 0 Å². The number of benzene rings is 1. The normalized spacial score (nSPS) is 15.1. The highest BCUT2D eigenvalue weighted by atomic mass is 35.5. The van der Waals surface area contributed by atoms with E-state index in [2.05, 4.69) is 11.6 Å². The molecule has 0 aromatic heterocycles. The van der Waals surface area contributed by atoms with Gasteiger partial charge in [-0.15, -0.1) is 0 Å². The molecule has 1 aromatic rings. The molecule has 0 saturated carbocycles. The largest absolute Gasteiger partial charge is 0.446 e. The van der Waals surface area contributed by atoms with Crippen molar-refractivity contribution in [3.63, 3.8) is 0 Å². The molecule has 0 bridgehead atoms. The van der Waals surface area contributed by atoms with Crippen LogP contribution in [0.15, 0.2) is 18.2 Å². The number of halogens is 5. The van der Waals surface area contributed by atoms with Crippen LogP contribution in [0.4, 0.5) is 23.2 Å². The highest BCUT2D eigenvalue weighted by molar-refractivity contribution is 6.36. The van der Waals surface area contributed by atoms with Crippen molar-refractivity contribution < 1.29 is 22.4 Å². The molecule has 0 radical (unpaired) electrons. The van der Waals surface area contributed by atoms with Crippen LogP contribution in [0.25, 0.3) is 0 Å². The first-order valence-corrected chi connectivity index (χ1v) is 5.27. The van der Waals surface area contributed by atoms with E-state index >= 15 is 0 Å². The summed E-state index contributed by atoms with van der Waals surface area (Å²) in [6.45, 7) is 3.35. The van der Waals surface area contributed by atoms with Crippen molar-refractivity contribution in [2.45, 2.75) is 25.2 Å². The number of hydrogen-bond acceptors (Lipinski definition) is 1. The summed E-state index contributed by atoms with van der Waals surface area (Å²) in [5.74, 6) is -1.95. The Bertz CT molecular complexity index is 471. The highest BCUT2D eigenvalue weighted by Gasteiger charge is 2.61. The number of nitrogens with one attached hydrogen (secondary N) is 1. The Balaban J connectivity index is 2.95. The van der Waals surface area contributed by atoms with Gasteiger partial charge in [-0.1, -0.05) is 29.3 Å². The van der Waals surface area contributed by atoms with Gasteiger partial charge in [0.1, 0.15) is 0 Å². The third-order valence-electron chi connectivity index (χ3n) is 2.27. The first-order chi connectivity index (χ1) is 8.05. The topological polar surface area (TPSA) is 29.1 Å². The lowest BCUT2D eigenvalue weighted by atomic mass is 10.1. The van der Waals surface area contributed by atoms with Gasteiger partial charge in [0, 0.05) is 5.69 Å². The molecule has 0 aliphatic rings. The van der Waals surface area contributed by atoms with Crippen LogP contribution in [0, 0.1) is 13.8 Å². The number of carbonyl (C=O) groups excluding carboxylic acids is 1. The molecule has 0 heterocycles. The van der Waals surface area contributed by atoms with Gasteiger partial charge in [-0.3, -0.25) is 4.79 Å². The summed E-state index contributed by atoms with van der Waals surface area (Å²) >= 11 is 4.59. The van der Waals surface area contributed by atoms with Crippen LogP contribution in [-0.4, -0.2) is 17.2 Å². The number of hydrogen-bond donors (Lipinski definition) is 1. The number of aryl methyl sites for hydroxylation is 2. The summed E-state index contributed by atoms with van der Waals surface area (Å²) in [7, 11) is 0. The highest BCUT2D eigenvalue weighted by Crippen LogP contribution is 2.38. The van der Waals surface area contributed by atoms with Crippen LogP contribution in [0.1, 0.15) is 11.1 Å². The molecule has 0 spiro atoms. The van der Waals surface area contributed by atoms with Crippen molar-refractivity contribution in [2.24, 2.45) is 0 Å². The summed E-state index contributed by atoms with van der Waals surface area (Å²) < 4.78 is 49.7. The van der Waals surface area contributed by atoms with E-state index in [-0.39, 0.29) is 5.69 Å². The van der Waals surface area contributed by atoms with Crippen LogP contribution in [-0.2, 0) is 4.79 Å². The Kier molecular flexibility index (Phi) is 3.90. The summed E-state index contributed by atoms with van der Waals surface area (Å²) in [5.41, 5.74) is 1.45. The fourth-order valence-corrected chi connectivity index (χ4v) is 1.33. The Morgan fingerprint density at radius 1 is 1.22 bits per heavy atom. The van der Waals surface area contributed by atoms with Gasteiger partial charge in [0.05, 0.1) is 0 Å². The number of amides is 1. The second-order valence-electron chi connectivity index (χ2n) is 3.84. The van der Waals surface area contributed by atoms with E-state index in [4.69, 9.17) is 0 Å². The van der Waals surface area contributed by atoms with Crippen LogP contribution >= 0.6 is 11.6 Å². The maximum absolute atomic E-state index is 13.1. The van der Waals surface area contributed by atoms with Crippen molar-refractivity contribution in [3.8, 4) is 0 Å². The maximum Gasteiger partial charge on any atom is 0.446 e. The van der Waals surface area contributed by atoms with E-state index in [0.717, 1.165) is 5.56 Å². The molecule has 1 amide bonds. The van der Waals surface area contributed by atoms with Crippen molar-refractivity contribution in [2.75, 3.05) is 5.32 Å². The van der Waals surface area contributed by atoms with E-state index in [0.29, 0.717) is 5.56 Å². The van der Waals surface area contributed by atoms with Gasteiger partial charge in [0.2, 0.25) is 0 Å². The zero-order valence-electron chi connectivity index (χ0n) is 9.53. The summed E-state index contributed by atoms with van der Waals surface area (Å²) in [5, 5.41) is -2.62. The van der Waals surface area contributed by atoms with E-state index < -0.39 is 17.2 Å².